The highest BCUT2D eigenvalue weighted by Gasteiger charge is 2.22. The Morgan fingerprint density at radius 1 is 0.939 bits per heavy atom. The van der Waals surface area contributed by atoms with E-state index in [1.807, 2.05) is 53.4 Å². The molecule has 6 nitrogen and oxygen atoms in total. The van der Waals surface area contributed by atoms with Crippen molar-refractivity contribution in [2.24, 2.45) is 5.92 Å². The fourth-order valence-electron chi connectivity index (χ4n) is 3.87. The first-order chi connectivity index (χ1) is 15.9. The Hall–Kier alpha value is -3.06. The molecular weight excluding hydrogens is 482 g/mol. The van der Waals surface area contributed by atoms with Gasteiger partial charge in [-0.05, 0) is 54.4 Å². The average molecular weight is 510 g/mol. The van der Waals surface area contributed by atoms with E-state index < -0.39 is 0 Å². The number of carbonyl (C=O) groups is 2. The summed E-state index contributed by atoms with van der Waals surface area (Å²) in [6, 6.07) is 19.0. The number of halogens is 1. The summed E-state index contributed by atoms with van der Waals surface area (Å²) in [4.78, 5) is 29.1. The van der Waals surface area contributed by atoms with Gasteiger partial charge in [-0.2, -0.15) is 0 Å². The lowest BCUT2D eigenvalue weighted by atomic mass is 10.1. The Morgan fingerprint density at radius 3 is 2.24 bits per heavy atom. The van der Waals surface area contributed by atoms with Crippen LogP contribution in [0.15, 0.2) is 69.6 Å². The molecule has 2 aromatic carbocycles. The third-order valence-corrected chi connectivity index (χ3v) is 6.19. The van der Waals surface area contributed by atoms with E-state index in [1.54, 1.807) is 12.1 Å². The van der Waals surface area contributed by atoms with Gasteiger partial charge in [0.05, 0.1) is 0 Å². The molecule has 172 valence electrons. The topological polar surface area (TPSA) is 65.8 Å². The van der Waals surface area contributed by atoms with Gasteiger partial charge in [0.15, 0.2) is 5.76 Å². The fraction of sp³-hybridized carbons (Fsp3) is 0.308. The highest BCUT2D eigenvalue weighted by molar-refractivity contribution is 9.10. The maximum absolute atomic E-state index is 12.6. The standard InChI is InChI=1S/C26H28BrN3O3/c1-18(2)17-25(31)30-15-13-29(14-16-30)22-9-7-21(8-10-22)28-26(32)24-12-11-23(33-24)19-3-5-20(27)6-4-19/h3-12,18H,13-17H2,1-2H3,(H,28,32). The van der Waals surface area contributed by atoms with Gasteiger partial charge in [0, 0.05) is 54.0 Å². The monoisotopic (exact) mass is 509 g/mol. The quantitative estimate of drug-likeness (QED) is 0.465. The molecule has 1 saturated heterocycles. The largest absolute Gasteiger partial charge is 0.451 e. The summed E-state index contributed by atoms with van der Waals surface area (Å²) >= 11 is 3.42. The number of nitrogens with one attached hydrogen (secondary N) is 1. The number of benzene rings is 2. The van der Waals surface area contributed by atoms with Crippen LogP contribution in [0.4, 0.5) is 11.4 Å². The van der Waals surface area contributed by atoms with Crippen molar-refractivity contribution in [1.82, 2.24) is 4.90 Å². The molecule has 0 bridgehead atoms. The Kier molecular flexibility index (Phi) is 7.18. The zero-order chi connectivity index (χ0) is 23.4. The molecule has 0 atom stereocenters. The molecule has 0 saturated carbocycles. The molecule has 1 aromatic heterocycles. The Balaban J connectivity index is 1.32. The maximum atomic E-state index is 12.6. The Morgan fingerprint density at radius 2 is 1.61 bits per heavy atom. The van der Waals surface area contributed by atoms with Crippen molar-refractivity contribution in [3.8, 4) is 11.3 Å². The molecular formula is C26H28BrN3O3. The molecule has 0 spiro atoms. The van der Waals surface area contributed by atoms with Crippen LogP contribution in [-0.2, 0) is 4.79 Å². The number of hydrogen-bond acceptors (Lipinski definition) is 4. The first-order valence-corrected chi connectivity index (χ1v) is 12.0. The second-order valence-electron chi connectivity index (χ2n) is 8.64. The number of anilines is 2. The summed E-state index contributed by atoms with van der Waals surface area (Å²) in [7, 11) is 0. The van der Waals surface area contributed by atoms with E-state index >= 15 is 0 Å². The highest BCUT2D eigenvalue weighted by atomic mass is 79.9. The second kappa shape index (κ2) is 10.3. The van der Waals surface area contributed by atoms with Gasteiger partial charge < -0.3 is 19.5 Å². The lowest BCUT2D eigenvalue weighted by Gasteiger charge is -2.36. The van der Waals surface area contributed by atoms with E-state index in [4.69, 9.17) is 4.42 Å². The van der Waals surface area contributed by atoms with Crippen LogP contribution in [0.5, 0.6) is 0 Å². The van der Waals surface area contributed by atoms with E-state index in [0.29, 0.717) is 23.8 Å². The van der Waals surface area contributed by atoms with Crippen molar-refractivity contribution in [1.29, 1.82) is 0 Å². The normalized spacial score (nSPS) is 13.9. The van der Waals surface area contributed by atoms with Crippen molar-refractivity contribution in [2.75, 3.05) is 36.4 Å². The molecule has 0 unspecified atom stereocenters. The zero-order valence-corrected chi connectivity index (χ0v) is 20.5. The lowest BCUT2D eigenvalue weighted by molar-refractivity contribution is -0.132. The van der Waals surface area contributed by atoms with E-state index in [9.17, 15) is 9.59 Å². The third kappa shape index (κ3) is 5.85. The van der Waals surface area contributed by atoms with E-state index in [2.05, 4.69) is 40.0 Å². The van der Waals surface area contributed by atoms with Crippen LogP contribution in [-0.4, -0.2) is 42.9 Å². The van der Waals surface area contributed by atoms with E-state index in [1.165, 1.54) is 0 Å². The first-order valence-electron chi connectivity index (χ1n) is 11.2. The van der Waals surface area contributed by atoms with E-state index in [0.717, 1.165) is 41.9 Å². The van der Waals surface area contributed by atoms with Gasteiger partial charge in [-0.15, -0.1) is 0 Å². The smallest absolute Gasteiger partial charge is 0.291 e. The second-order valence-corrected chi connectivity index (χ2v) is 9.55. The van der Waals surface area contributed by atoms with Crippen LogP contribution in [0.3, 0.4) is 0 Å². The molecule has 7 heteroatoms. The molecule has 1 fully saturated rings. The number of rotatable bonds is 6. The van der Waals surface area contributed by atoms with Crippen LogP contribution in [0, 0.1) is 5.92 Å². The number of piperazine rings is 1. The summed E-state index contributed by atoms with van der Waals surface area (Å²) in [6.45, 7) is 7.23. The zero-order valence-electron chi connectivity index (χ0n) is 18.9. The summed E-state index contributed by atoms with van der Waals surface area (Å²) in [5, 5.41) is 2.89. The van der Waals surface area contributed by atoms with Crippen LogP contribution in [0.1, 0.15) is 30.8 Å². The van der Waals surface area contributed by atoms with Crippen molar-refractivity contribution in [3.05, 3.63) is 70.9 Å². The van der Waals surface area contributed by atoms with Crippen LogP contribution >= 0.6 is 15.9 Å². The molecule has 33 heavy (non-hydrogen) atoms. The van der Waals surface area contributed by atoms with Gasteiger partial charge in [0.2, 0.25) is 5.91 Å². The summed E-state index contributed by atoms with van der Waals surface area (Å²) in [5.41, 5.74) is 2.70. The first kappa shape index (κ1) is 23.1. The maximum Gasteiger partial charge on any atom is 0.291 e. The van der Waals surface area contributed by atoms with Crippen molar-refractivity contribution < 1.29 is 14.0 Å². The average Bonchev–Trinajstić information content (AvgIpc) is 3.30. The summed E-state index contributed by atoms with van der Waals surface area (Å²) in [5.74, 6) is 1.24. The van der Waals surface area contributed by atoms with Gasteiger partial charge in [-0.25, -0.2) is 0 Å². The van der Waals surface area contributed by atoms with Crippen LogP contribution < -0.4 is 10.2 Å². The SMILES string of the molecule is CC(C)CC(=O)N1CCN(c2ccc(NC(=O)c3ccc(-c4ccc(Br)cc4)o3)cc2)CC1. The highest BCUT2D eigenvalue weighted by Crippen LogP contribution is 2.25. The Bertz CT molecular complexity index is 1100. The summed E-state index contributed by atoms with van der Waals surface area (Å²) < 4.78 is 6.73. The van der Waals surface area contributed by atoms with Crippen molar-refractivity contribution >= 4 is 39.1 Å². The van der Waals surface area contributed by atoms with Crippen molar-refractivity contribution in [3.63, 3.8) is 0 Å². The predicted octanol–water partition coefficient (Wildman–Crippen LogP) is 5.66. The number of nitrogens with zero attached hydrogens (tertiary/aromatic N) is 2. The van der Waals surface area contributed by atoms with Gasteiger partial charge in [0.1, 0.15) is 5.76 Å². The minimum Gasteiger partial charge on any atom is -0.451 e. The van der Waals surface area contributed by atoms with Gasteiger partial charge in [-0.3, -0.25) is 9.59 Å². The number of furan rings is 1. The fourth-order valence-corrected chi connectivity index (χ4v) is 4.13. The van der Waals surface area contributed by atoms with Gasteiger partial charge >= 0.3 is 0 Å². The number of carbonyl (C=O) groups excluding carboxylic acids is 2. The molecule has 3 aromatic rings. The summed E-state index contributed by atoms with van der Waals surface area (Å²) in [6.07, 6.45) is 0.606. The molecule has 2 amide bonds. The molecule has 1 aliphatic rings. The van der Waals surface area contributed by atoms with Crippen LogP contribution in [0.2, 0.25) is 0 Å². The molecule has 4 rings (SSSR count). The number of hydrogen-bond donors (Lipinski definition) is 1. The molecule has 2 heterocycles. The van der Waals surface area contributed by atoms with E-state index in [-0.39, 0.29) is 17.6 Å². The Labute approximate surface area is 202 Å². The lowest BCUT2D eigenvalue weighted by Crippen LogP contribution is -2.49. The predicted molar refractivity (Wildman–Crippen MR) is 134 cm³/mol. The molecule has 1 N–H and O–H groups in total. The molecule has 0 radical (unpaired) electrons. The van der Waals surface area contributed by atoms with Crippen LogP contribution in [0.25, 0.3) is 11.3 Å². The minimum absolute atomic E-state index is 0.240. The minimum atomic E-state index is -0.289. The van der Waals surface area contributed by atoms with Gasteiger partial charge in [-0.1, -0.05) is 41.9 Å². The van der Waals surface area contributed by atoms with Gasteiger partial charge in [0.25, 0.3) is 5.91 Å². The number of amides is 2. The molecule has 1 aliphatic heterocycles. The third-order valence-electron chi connectivity index (χ3n) is 5.66. The molecule has 0 aliphatic carbocycles. The van der Waals surface area contributed by atoms with Crippen molar-refractivity contribution in [2.45, 2.75) is 20.3 Å².